The van der Waals surface area contributed by atoms with E-state index in [1.807, 2.05) is 26.0 Å². The molecular formula is C14H24N4O. The van der Waals surface area contributed by atoms with Crippen molar-refractivity contribution in [2.75, 3.05) is 37.5 Å². The second-order valence-corrected chi connectivity index (χ2v) is 5.59. The van der Waals surface area contributed by atoms with E-state index >= 15 is 0 Å². The van der Waals surface area contributed by atoms with Crippen LogP contribution in [0.3, 0.4) is 0 Å². The Hall–Kier alpha value is -1.36. The van der Waals surface area contributed by atoms with E-state index in [0.717, 1.165) is 37.4 Å². The van der Waals surface area contributed by atoms with Crippen LogP contribution in [0.5, 0.6) is 0 Å². The van der Waals surface area contributed by atoms with E-state index in [1.54, 1.807) is 12.4 Å². The maximum atomic E-state index is 10.1. The maximum Gasteiger partial charge on any atom is 0.171 e. The number of hydrogen-bond donors (Lipinski definition) is 1. The van der Waals surface area contributed by atoms with Gasteiger partial charge in [0.15, 0.2) is 11.6 Å². The van der Waals surface area contributed by atoms with Crippen molar-refractivity contribution >= 4 is 11.6 Å². The molecule has 1 aromatic heterocycles. The molecule has 1 aliphatic carbocycles. The zero-order chi connectivity index (χ0) is 13.8. The van der Waals surface area contributed by atoms with Crippen LogP contribution in [-0.2, 0) is 0 Å². The van der Waals surface area contributed by atoms with Gasteiger partial charge in [0.05, 0.1) is 6.10 Å². The minimum Gasteiger partial charge on any atom is -0.393 e. The van der Waals surface area contributed by atoms with E-state index in [1.165, 1.54) is 6.42 Å². The molecule has 1 heterocycles. The Labute approximate surface area is 115 Å². The first kappa shape index (κ1) is 14.1. The highest BCUT2D eigenvalue weighted by atomic mass is 16.3. The second-order valence-electron chi connectivity index (χ2n) is 5.59. The molecule has 19 heavy (non-hydrogen) atoms. The molecule has 0 spiro atoms. The average molecular weight is 264 g/mol. The van der Waals surface area contributed by atoms with Crippen LogP contribution in [0.1, 0.15) is 25.7 Å². The summed E-state index contributed by atoms with van der Waals surface area (Å²) in [5, 5.41) is 10.1. The molecule has 1 N–H and O–H groups in total. The van der Waals surface area contributed by atoms with Crippen LogP contribution in [0.2, 0.25) is 0 Å². The number of aliphatic hydroxyl groups is 1. The van der Waals surface area contributed by atoms with Gasteiger partial charge in [0.1, 0.15) is 0 Å². The molecule has 5 nitrogen and oxygen atoms in total. The lowest BCUT2D eigenvalue weighted by atomic mass is 9.86. The van der Waals surface area contributed by atoms with Gasteiger partial charge in [0, 0.05) is 46.0 Å². The Kier molecular flexibility index (Phi) is 4.58. The third kappa shape index (κ3) is 3.35. The molecule has 0 aliphatic heterocycles. The fourth-order valence-electron chi connectivity index (χ4n) is 2.75. The van der Waals surface area contributed by atoms with Crippen molar-refractivity contribution in [1.82, 2.24) is 9.97 Å². The monoisotopic (exact) mass is 264 g/mol. The largest absolute Gasteiger partial charge is 0.393 e. The molecule has 0 radical (unpaired) electrons. The zero-order valence-corrected chi connectivity index (χ0v) is 12.1. The highest BCUT2D eigenvalue weighted by Crippen LogP contribution is 2.28. The quantitative estimate of drug-likeness (QED) is 0.894. The normalized spacial score (nSPS) is 23.2. The summed E-state index contributed by atoms with van der Waals surface area (Å²) in [6.45, 7) is 0.834. The van der Waals surface area contributed by atoms with Crippen LogP contribution >= 0.6 is 0 Å². The van der Waals surface area contributed by atoms with Gasteiger partial charge >= 0.3 is 0 Å². The first-order chi connectivity index (χ1) is 9.09. The lowest BCUT2D eigenvalue weighted by Crippen LogP contribution is -2.36. The number of rotatable bonds is 4. The SMILES string of the molecule is CN(C)c1nccnc1N(C)CC1CCCCC1O. The molecule has 2 rings (SSSR count). The first-order valence-corrected chi connectivity index (χ1v) is 6.97. The molecule has 5 heteroatoms. The summed E-state index contributed by atoms with van der Waals surface area (Å²) in [4.78, 5) is 12.9. The Balaban J connectivity index is 2.09. The van der Waals surface area contributed by atoms with Crippen molar-refractivity contribution in [3.8, 4) is 0 Å². The fraction of sp³-hybridized carbons (Fsp3) is 0.714. The fourth-order valence-corrected chi connectivity index (χ4v) is 2.75. The Morgan fingerprint density at radius 3 is 2.37 bits per heavy atom. The summed E-state index contributed by atoms with van der Waals surface area (Å²) in [6.07, 6.45) is 7.66. The van der Waals surface area contributed by atoms with Crippen LogP contribution < -0.4 is 9.80 Å². The predicted molar refractivity (Wildman–Crippen MR) is 77.6 cm³/mol. The number of aromatic nitrogens is 2. The molecule has 1 aliphatic rings. The summed E-state index contributed by atoms with van der Waals surface area (Å²) >= 11 is 0. The topological polar surface area (TPSA) is 52.5 Å². The highest BCUT2D eigenvalue weighted by Gasteiger charge is 2.25. The summed E-state index contributed by atoms with van der Waals surface area (Å²) in [6, 6.07) is 0. The van der Waals surface area contributed by atoms with E-state index in [4.69, 9.17) is 0 Å². The minimum atomic E-state index is -0.171. The molecule has 1 aromatic rings. The molecule has 0 saturated heterocycles. The molecular weight excluding hydrogens is 240 g/mol. The van der Waals surface area contributed by atoms with Gasteiger partial charge in [-0.05, 0) is 12.8 Å². The van der Waals surface area contributed by atoms with Crippen LogP contribution in [-0.4, -0.2) is 48.9 Å². The molecule has 1 fully saturated rings. The maximum absolute atomic E-state index is 10.1. The first-order valence-electron chi connectivity index (χ1n) is 6.97. The molecule has 0 bridgehead atoms. The molecule has 0 aromatic carbocycles. The van der Waals surface area contributed by atoms with Crippen LogP contribution in [0.15, 0.2) is 12.4 Å². The van der Waals surface area contributed by atoms with Gasteiger partial charge in [0.25, 0.3) is 0 Å². The van der Waals surface area contributed by atoms with Gasteiger partial charge in [-0.2, -0.15) is 0 Å². The van der Waals surface area contributed by atoms with E-state index in [9.17, 15) is 5.11 Å². The Morgan fingerprint density at radius 1 is 1.11 bits per heavy atom. The Morgan fingerprint density at radius 2 is 1.74 bits per heavy atom. The summed E-state index contributed by atoms with van der Waals surface area (Å²) < 4.78 is 0. The van der Waals surface area contributed by atoms with Crippen molar-refractivity contribution in [3.05, 3.63) is 12.4 Å². The number of anilines is 2. The van der Waals surface area contributed by atoms with Gasteiger partial charge in [0.2, 0.25) is 0 Å². The predicted octanol–water partition coefficient (Wildman–Crippen LogP) is 1.53. The van der Waals surface area contributed by atoms with Crippen molar-refractivity contribution < 1.29 is 5.11 Å². The van der Waals surface area contributed by atoms with Crippen LogP contribution in [0.25, 0.3) is 0 Å². The van der Waals surface area contributed by atoms with Crippen molar-refractivity contribution in [2.45, 2.75) is 31.8 Å². The highest BCUT2D eigenvalue weighted by molar-refractivity contribution is 5.60. The third-order valence-electron chi connectivity index (χ3n) is 3.82. The summed E-state index contributed by atoms with van der Waals surface area (Å²) in [7, 11) is 5.96. The van der Waals surface area contributed by atoms with Crippen molar-refractivity contribution in [2.24, 2.45) is 5.92 Å². The minimum absolute atomic E-state index is 0.171. The van der Waals surface area contributed by atoms with Crippen LogP contribution in [0, 0.1) is 5.92 Å². The molecule has 2 unspecified atom stereocenters. The van der Waals surface area contributed by atoms with E-state index in [0.29, 0.717) is 5.92 Å². The second kappa shape index (κ2) is 6.19. The lowest BCUT2D eigenvalue weighted by Gasteiger charge is -2.32. The standard InChI is InChI=1S/C14H24N4O/c1-17(2)13-14(16-9-8-15-13)18(3)10-11-6-4-5-7-12(11)19/h8-9,11-12,19H,4-7,10H2,1-3H3. The Bertz CT molecular complexity index is 410. The van der Waals surface area contributed by atoms with Gasteiger partial charge in [-0.3, -0.25) is 0 Å². The molecule has 0 amide bonds. The zero-order valence-electron chi connectivity index (χ0n) is 12.1. The average Bonchev–Trinajstić information content (AvgIpc) is 2.41. The van der Waals surface area contributed by atoms with Crippen molar-refractivity contribution in [1.29, 1.82) is 0 Å². The molecule has 106 valence electrons. The van der Waals surface area contributed by atoms with Gasteiger partial charge < -0.3 is 14.9 Å². The van der Waals surface area contributed by atoms with E-state index in [2.05, 4.69) is 14.9 Å². The van der Waals surface area contributed by atoms with E-state index < -0.39 is 0 Å². The van der Waals surface area contributed by atoms with Crippen molar-refractivity contribution in [3.63, 3.8) is 0 Å². The van der Waals surface area contributed by atoms with E-state index in [-0.39, 0.29) is 6.10 Å². The lowest BCUT2D eigenvalue weighted by molar-refractivity contribution is 0.0736. The smallest absolute Gasteiger partial charge is 0.171 e. The van der Waals surface area contributed by atoms with Gasteiger partial charge in [-0.25, -0.2) is 9.97 Å². The molecule has 1 saturated carbocycles. The summed E-state index contributed by atoms with van der Waals surface area (Å²) in [5.41, 5.74) is 0. The van der Waals surface area contributed by atoms with Gasteiger partial charge in [-0.1, -0.05) is 12.8 Å². The number of aliphatic hydroxyl groups excluding tert-OH is 1. The number of nitrogens with zero attached hydrogens (tertiary/aromatic N) is 4. The third-order valence-corrected chi connectivity index (χ3v) is 3.82. The molecule has 2 atom stereocenters. The van der Waals surface area contributed by atoms with Gasteiger partial charge in [-0.15, -0.1) is 0 Å². The van der Waals surface area contributed by atoms with Crippen LogP contribution in [0.4, 0.5) is 11.6 Å². The number of hydrogen-bond acceptors (Lipinski definition) is 5. The summed E-state index contributed by atoms with van der Waals surface area (Å²) in [5.74, 6) is 2.09.